The molecule has 0 aromatic heterocycles. The Morgan fingerprint density at radius 2 is 0.934 bits per heavy atom. The highest BCUT2D eigenvalue weighted by Crippen LogP contribution is 2.25. The fraction of sp³-hybridized carbons (Fsp3) is 0.882. The predicted octanol–water partition coefficient (Wildman–Crippen LogP) is 7.52. The molecule has 23 heteroatoms. The van der Waals surface area contributed by atoms with Crippen molar-refractivity contribution in [3.8, 4) is 0 Å². The zero-order chi connectivity index (χ0) is 69.6. The maximum Gasteiger partial charge on any atom is 0.329 e. The van der Waals surface area contributed by atoms with Crippen molar-refractivity contribution in [1.82, 2.24) is 40.4 Å². The number of ether oxygens (including phenoxy) is 6. The number of hydrogen-bond acceptors (Lipinski definition) is 19. The molecule has 4 amide bonds. The van der Waals surface area contributed by atoms with Crippen LogP contribution in [0.25, 0.3) is 0 Å². The van der Waals surface area contributed by atoms with Gasteiger partial charge >= 0.3 is 29.9 Å². The largest absolute Gasteiger partial charge is 0.460 e. The summed E-state index contributed by atoms with van der Waals surface area (Å²) in [5.74, 6) is -2.80. The Hall–Kier alpha value is -4.52. The minimum Gasteiger partial charge on any atom is -0.460 e. The van der Waals surface area contributed by atoms with Crippen molar-refractivity contribution in [2.45, 2.75) is 250 Å². The quantitative estimate of drug-likeness (QED) is 0.0275. The van der Waals surface area contributed by atoms with Gasteiger partial charge in [0.25, 0.3) is 0 Å². The van der Waals surface area contributed by atoms with Crippen LogP contribution < -0.4 is 21.7 Å². The van der Waals surface area contributed by atoms with Gasteiger partial charge in [-0.2, -0.15) is 0 Å². The van der Waals surface area contributed by atoms with Gasteiger partial charge in [0.1, 0.15) is 41.6 Å². The van der Waals surface area contributed by atoms with Gasteiger partial charge in [0, 0.05) is 97.5 Å². The van der Waals surface area contributed by atoms with Gasteiger partial charge in [-0.15, -0.1) is 0 Å². The molecule has 3 atom stereocenters. The van der Waals surface area contributed by atoms with Crippen LogP contribution in [0.4, 0.5) is 4.79 Å². The minimum atomic E-state index is -1.12. The molecular weight excluding hydrogens is 1170 g/mol. The van der Waals surface area contributed by atoms with E-state index in [1.54, 1.807) is 62.3 Å². The molecule has 0 aromatic rings. The molecule has 0 saturated carbocycles. The molecule has 0 spiro atoms. The highest BCUT2D eigenvalue weighted by atomic mass is 16.6. The molecule has 5 N–H and O–H groups in total. The van der Waals surface area contributed by atoms with Gasteiger partial charge in [-0.05, 0) is 157 Å². The van der Waals surface area contributed by atoms with Gasteiger partial charge < -0.3 is 64.8 Å². The lowest BCUT2D eigenvalue weighted by molar-refractivity contribution is -0.160. The van der Waals surface area contributed by atoms with Crippen LogP contribution in [-0.4, -0.2) is 237 Å². The molecule has 530 valence electrons. The summed E-state index contributed by atoms with van der Waals surface area (Å²) >= 11 is 0. The number of hydrogen-bond donors (Lipinski definition) is 4. The van der Waals surface area contributed by atoms with Crippen LogP contribution in [-0.2, 0) is 62.0 Å². The summed E-state index contributed by atoms with van der Waals surface area (Å²) in [6, 6.07) is -2.80. The number of nitrogens with one attached hydrogen (secondary N) is 3. The molecular formula is C68H129N9O14. The summed E-state index contributed by atoms with van der Waals surface area (Å²) in [6.07, 6.45) is 3.79. The Kier molecular flexibility index (Phi) is 37.1. The van der Waals surface area contributed by atoms with Crippen molar-refractivity contribution in [2.24, 2.45) is 22.0 Å². The predicted molar refractivity (Wildman–Crippen MR) is 357 cm³/mol. The summed E-state index contributed by atoms with van der Waals surface area (Å²) in [6.45, 7) is 48.9. The Morgan fingerprint density at radius 3 is 1.43 bits per heavy atom. The van der Waals surface area contributed by atoms with E-state index in [1.807, 2.05) is 41.5 Å². The first-order valence-electron chi connectivity index (χ1n) is 33.5. The van der Waals surface area contributed by atoms with Crippen LogP contribution in [0, 0.1) is 16.2 Å². The van der Waals surface area contributed by atoms with Crippen molar-refractivity contribution in [2.75, 3.05) is 125 Å². The normalized spacial score (nSPS) is 16.3. The number of rotatable bonds is 34. The number of unbranched alkanes of at least 4 members (excludes halogenated alkanes) is 2. The van der Waals surface area contributed by atoms with Crippen LogP contribution in [0.5, 0.6) is 0 Å². The first kappa shape index (κ1) is 84.5. The second-order valence-electron chi connectivity index (χ2n) is 32.1. The topological polar surface area (TPSA) is 270 Å². The van der Waals surface area contributed by atoms with E-state index in [4.69, 9.17) is 34.2 Å². The molecule has 23 nitrogen and oxygen atoms in total. The lowest BCUT2D eigenvalue weighted by Gasteiger charge is -2.37. The minimum absolute atomic E-state index is 0.0294. The zero-order valence-electron chi connectivity index (χ0n) is 60.8. The second kappa shape index (κ2) is 40.0. The molecule has 1 saturated heterocycles. The summed E-state index contributed by atoms with van der Waals surface area (Å²) in [5.41, 5.74) is 2.63. The van der Waals surface area contributed by atoms with Crippen LogP contribution in [0.3, 0.4) is 0 Å². The third-order valence-corrected chi connectivity index (χ3v) is 14.1. The standard InChI is InChI=1S/C68H129N9O14/c1-62(2,3)49-75-38-36-73(34-35-74(46-58(82)89-66(13,14)15)37-39-76(41-40-75)50-63(4,5)6)45-55(79)70-51(27-22-24-32-69)53(78)28-26-42-86-43-44-87-48-56(80)77(47-59(83)90-67(16,17)18)33-25-23-29-54(64(7,8)9)72-61(85)71-52(60(84)91-68(19,20)21)30-31-57(81)88-65(10,11)12/h51-52,54H,22-50,69H2,1-21H3,(H,70,79)(H2,71,72,85)/t51-,52-,54-/m0/s1. The Bertz CT molecular complexity index is 2200. The smallest absolute Gasteiger partial charge is 0.329 e. The maximum absolute atomic E-state index is 14.0. The summed E-state index contributed by atoms with van der Waals surface area (Å²) in [7, 11) is 0. The summed E-state index contributed by atoms with van der Waals surface area (Å²) in [5, 5.41) is 8.80. The molecule has 91 heavy (non-hydrogen) atoms. The van der Waals surface area contributed by atoms with E-state index in [0.29, 0.717) is 77.7 Å². The summed E-state index contributed by atoms with van der Waals surface area (Å²) in [4.78, 5) is 118. The fourth-order valence-corrected chi connectivity index (χ4v) is 10.2. The van der Waals surface area contributed by atoms with Crippen molar-refractivity contribution < 1.29 is 66.8 Å². The molecule has 1 fully saturated rings. The van der Waals surface area contributed by atoms with Gasteiger partial charge in [-0.1, -0.05) is 62.3 Å². The molecule has 0 aliphatic carbocycles. The zero-order valence-corrected chi connectivity index (χ0v) is 60.8. The van der Waals surface area contributed by atoms with Gasteiger partial charge in [0.15, 0.2) is 5.78 Å². The number of nitrogens with zero attached hydrogens (tertiary/aromatic N) is 5. The average Bonchev–Trinajstić information content (AvgIpc) is 3.59. The van der Waals surface area contributed by atoms with Crippen molar-refractivity contribution in [3.63, 3.8) is 0 Å². The second-order valence-corrected chi connectivity index (χ2v) is 32.1. The van der Waals surface area contributed by atoms with Crippen molar-refractivity contribution in [1.29, 1.82) is 0 Å². The molecule has 0 radical (unpaired) electrons. The SMILES string of the molecule is CC(C)(C)CN1CCN(CC(=O)N[C@@H](CCCCN)C(=O)CCCOCCOCC(=O)N(CCCC[C@H](NC(=O)N[C@@H](CCC(=O)OC(C)(C)C)C(=O)OC(C)(C)C)C(C)(C)C)CC(=O)OC(C)(C)C)CCN(CC(=O)OC(C)(C)C)CCN(CC(C)(C)C)CC1. The lowest BCUT2D eigenvalue weighted by Crippen LogP contribution is -2.53. The Morgan fingerprint density at radius 1 is 0.462 bits per heavy atom. The monoisotopic (exact) mass is 1300 g/mol. The highest BCUT2D eigenvalue weighted by molar-refractivity contribution is 5.89. The number of carbonyl (C=O) groups is 8. The fourth-order valence-electron chi connectivity index (χ4n) is 10.2. The summed E-state index contributed by atoms with van der Waals surface area (Å²) < 4.78 is 33.9. The average molecular weight is 1300 g/mol. The third kappa shape index (κ3) is 44.7. The van der Waals surface area contributed by atoms with E-state index in [2.05, 4.69) is 77.1 Å². The number of carbonyl (C=O) groups excluding carboxylic acids is 8. The van der Waals surface area contributed by atoms with E-state index in [-0.39, 0.29) is 106 Å². The first-order chi connectivity index (χ1) is 41.7. The van der Waals surface area contributed by atoms with Crippen molar-refractivity contribution >= 4 is 47.5 Å². The van der Waals surface area contributed by atoms with Gasteiger partial charge in [-0.3, -0.25) is 38.6 Å². The first-order valence-corrected chi connectivity index (χ1v) is 33.5. The van der Waals surface area contributed by atoms with E-state index in [1.165, 1.54) is 4.90 Å². The van der Waals surface area contributed by atoms with E-state index in [9.17, 15) is 38.4 Å². The number of esters is 4. The van der Waals surface area contributed by atoms with Gasteiger partial charge in [0.05, 0.1) is 32.3 Å². The number of urea groups is 1. The molecule has 1 aliphatic heterocycles. The van der Waals surface area contributed by atoms with Crippen LogP contribution in [0.1, 0.15) is 210 Å². The van der Waals surface area contributed by atoms with Gasteiger partial charge in [0.2, 0.25) is 11.8 Å². The number of amides is 4. The highest BCUT2D eigenvalue weighted by Gasteiger charge is 2.33. The van der Waals surface area contributed by atoms with Crippen LogP contribution in [0.15, 0.2) is 0 Å². The van der Waals surface area contributed by atoms with Crippen LogP contribution >= 0.6 is 0 Å². The van der Waals surface area contributed by atoms with Crippen molar-refractivity contribution in [3.05, 3.63) is 0 Å². The Balaban J connectivity index is 3.00. The molecule has 1 heterocycles. The third-order valence-electron chi connectivity index (χ3n) is 14.1. The number of Topliss-reactive ketones (excluding diaryl/α,β-unsaturated/α-hetero) is 1. The maximum atomic E-state index is 14.0. The van der Waals surface area contributed by atoms with E-state index in [0.717, 1.165) is 39.3 Å². The molecule has 0 aromatic carbocycles. The molecule has 1 aliphatic rings. The molecule has 0 unspecified atom stereocenters. The molecule has 1 rings (SSSR count). The molecule has 0 bridgehead atoms. The van der Waals surface area contributed by atoms with Crippen LogP contribution in [0.2, 0.25) is 0 Å². The van der Waals surface area contributed by atoms with E-state index >= 15 is 0 Å². The number of nitrogens with two attached hydrogens (primary N) is 1. The van der Waals surface area contributed by atoms with E-state index < -0.39 is 69.7 Å². The van der Waals surface area contributed by atoms with Gasteiger partial charge in [-0.25, -0.2) is 9.59 Å². The lowest BCUT2D eigenvalue weighted by atomic mass is 9.84. The number of ketones is 1. The Labute approximate surface area is 549 Å².